The van der Waals surface area contributed by atoms with Crippen LogP contribution in [0.5, 0.6) is 0 Å². The summed E-state index contributed by atoms with van der Waals surface area (Å²) in [6.45, 7) is 0. The number of nitrogens with one attached hydrogen (secondary N) is 3. The molecule has 3 saturated carbocycles. The van der Waals surface area contributed by atoms with Crippen molar-refractivity contribution in [1.29, 1.82) is 0 Å². The van der Waals surface area contributed by atoms with Crippen LogP contribution < -0.4 is 21.1 Å². The number of amides is 1. The van der Waals surface area contributed by atoms with E-state index in [2.05, 4.69) is 25.3 Å². The third-order valence-electron chi connectivity index (χ3n) is 7.04. The Kier molecular flexibility index (Phi) is 5.62. The van der Waals surface area contributed by atoms with Crippen molar-refractivity contribution in [3.63, 3.8) is 0 Å². The maximum Gasteiger partial charge on any atom is 0.255 e. The molecule has 194 valence electrons. The summed E-state index contributed by atoms with van der Waals surface area (Å²) < 4.78 is 29.9. The predicted molar refractivity (Wildman–Crippen MR) is 149 cm³/mol. The fourth-order valence-corrected chi connectivity index (χ4v) is 6.58. The zero-order valence-corrected chi connectivity index (χ0v) is 21.5. The lowest BCUT2D eigenvalue weighted by molar-refractivity contribution is -0.0280. The molecule has 3 fully saturated rings. The summed E-state index contributed by atoms with van der Waals surface area (Å²) in [7, 11) is -2.60. The molecule has 1 amide bonds. The van der Waals surface area contributed by atoms with Gasteiger partial charge in [0.1, 0.15) is 15.7 Å². The van der Waals surface area contributed by atoms with E-state index in [1.807, 2.05) is 24.3 Å². The van der Waals surface area contributed by atoms with E-state index in [1.165, 1.54) is 18.4 Å². The standard InChI is InChI=1S/C28H27FN6O2S/c1-38(30,37)35-28-15-27(16-28,17-28)34-22-4-2-3-21(14-22)33-26(36)18-5-8-20(9-6-18)32-25-11-12-31-24-10-7-19(29)13-23(24)25/h2-14,34H,15-17H2,1H3,(H,31,32)(H,33,36)(H2,30,35,37). The second-order valence-corrected chi connectivity index (χ2v) is 12.3. The average molecular weight is 531 g/mol. The van der Waals surface area contributed by atoms with Crippen molar-refractivity contribution in [3.8, 4) is 0 Å². The number of nitrogens with two attached hydrogens (primary N) is 1. The Bertz CT molecular complexity index is 1670. The van der Waals surface area contributed by atoms with Crippen LogP contribution in [0.3, 0.4) is 0 Å². The SMILES string of the molecule is CS(N)(=O)=NC12CC(Nc3cccc(NC(=O)c4ccc(Nc5ccnc6ccc(F)cc56)cc4)c3)(C1)C2. The zero-order chi connectivity index (χ0) is 26.5. The lowest BCUT2D eigenvalue weighted by atomic mass is 9.44. The largest absolute Gasteiger partial charge is 0.379 e. The first-order valence-corrected chi connectivity index (χ1v) is 14.2. The van der Waals surface area contributed by atoms with Crippen molar-refractivity contribution in [2.75, 3.05) is 22.2 Å². The van der Waals surface area contributed by atoms with Gasteiger partial charge in [-0.3, -0.25) is 9.78 Å². The van der Waals surface area contributed by atoms with Gasteiger partial charge in [0, 0.05) is 51.7 Å². The van der Waals surface area contributed by atoms with Crippen molar-refractivity contribution in [2.24, 2.45) is 9.50 Å². The van der Waals surface area contributed by atoms with Crippen molar-refractivity contribution in [3.05, 3.63) is 90.4 Å². The van der Waals surface area contributed by atoms with Gasteiger partial charge in [-0.1, -0.05) is 6.07 Å². The molecule has 0 spiro atoms. The van der Waals surface area contributed by atoms with Crippen LogP contribution in [-0.4, -0.2) is 32.4 Å². The van der Waals surface area contributed by atoms with Gasteiger partial charge in [-0.05, 0) is 86.0 Å². The van der Waals surface area contributed by atoms with Crippen molar-refractivity contribution >= 4 is 49.5 Å². The molecule has 0 aliphatic heterocycles. The highest BCUT2D eigenvalue weighted by molar-refractivity contribution is 7.90. The Morgan fingerprint density at radius 1 is 1.00 bits per heavy atom. The van der Waals surface area contributed by atoms with Crippen LogP contribution in [0.25, 0.3) is 10.9 Å². The number of halogens is 1. The molecule has 2 bridgehead atoms. The van der Waals surface area contributed by atoms with Gasteiger partial charge in [0.25, 0.3) is 5.91 Å². The minimum atomic E-state index is -2.60. The van der Waals surface area contributed by atoms with E-state index in [1.54, 1.807) is 42.6 Å². The number of hydrogen-bond acceptors (Lipinski definition) is 6. The number of pyridine rings is 1. The summed E-state index contributed by atoms with van der Waals surface area (Å²) in [4.78, 5) is 17.2. The van der Waals surface area contributed by atoms with Crippen LogP contribution in [0.1, 0.15) is 29.6 Å². The molecule has 4 aromatic rings. The maximum absolute atomic E-state index is 13.8. The smallest absolute Gasteiger partial charge is 0.255 e. The average Bonchev–Trinajstić information content (AvgIpc) is 2.82. The zero-order valence-electron chi connectivity index (χ0n) is 20.7. The molecule has 1 unspecified atom stereocenters. The monoisotopic (exact) mass is 530 g/mol. The van der Waals surface area contributed by atoms with Crippen molar-refractivity contribution in [2.45, 2.75) is 30.3 Å². The van der Waals surface area contributed by atoms with Crippen LogP contribution in [0, 0.1) is 5.82 Å². The van der Waals surface area contributed by atoms with Crippen LogP contribution in [-0.2, 0) is 9.92 Å². The van der Waals surface area contributed by atoms with E-state index in [4.69, 9.17) is 5.14 Å². The summed E-state index contributed by atoms with van der Waals surface area (Å²) in [6.07, 6.45) is 5.56. The Balaban J connectivity index is 1.09. The first-order valence-electron chi connectivity index (χ1n) is 12.2. The van der Waals surface area contributed by atoms with Crippen molar-refractivity contribution < 1.29 is 13.4 Å². The number of benzene rings is 3. The summed E-state index contributed by atoms with van der Waals surface area (Å²) in [6, 6.07) is 20.9. The number of nitrogens with zero attached hydrogens (tertiary/aromatic N) is 2. The van der Waals surface area contributed by atoms with E-state index in [0.717, 1.165) is 36.3 Å². The molecule has 3 aromatic carbocycles. The topological polar surface area (TPSA) is 122 Å². The van der Waals surface area contributed by atoms with Gasteiger partial charge in [-0.25, -0.2) is 18.1 Å². The van der Waals surface area contributed by atoms with Gasteiger partial charge in [-0.15, -0.1) is 0 Å². The van der Waals surface area contributed by atoms with E-state index >= 15 is 0 Å². The van der Waals surface area contributed by atoms with E-state index < -0.39 is 9.92 Å². The molecule has 10 heteroatoms. The Hall–Kier alpha value is -4.02. The predicted octanol–water partition coefficient (Wildman–Crippen LogP) is 5.43. The third kappa shape index (κ3) is 4.80. The molecule has 0 saturated heterocycles. The summed E-state index contributed by atoms with van der Waals surface area (Å²) in [5.41, 5.74) is 3.97. The molecule has 7 rings (SSSR count). The summed E-state index contributed by atoms with van der Waals surface area (Å²) in [5.74, 6) is -0.558. The molecule has 0 radical (unpaired) electrons. The van der Waals surface area contributed by atoms with Gasteiger partial charge < -0.3 is 16.0 Å². The van der Waals surface area contributed by atoms with Crippen LogP contribution in [0.2, 0.25) is 0 Å². The number of rotatable bonds is 7. The molecule has 1 aromatic heterocycles. The van der Waals surface area contributed by atoms with Crippen LogP contribution in [0.4, 0.5) is 27.1 Å². The second-order valence-electron chi connectivity index (χ2n) is 10.4. The van der Waals surface area contributed by atoms with E-state index in [0.29, 0.717) is 22.2 Å². The molecule has 3 aliphatic rings. The van der Waals surface area contributed by atoms with Gasteiger partial charge >= 0.3 is 0 Å². The summed E-state index contributed by atoms with van der Waals surface area (Å²) >= 11 is 0. The minimum Gasteiger partial charge on any atom is -0.379 e. The Morgan fingerprint density at radius 3 is 2.47 bits per heavy atom. The highest BCUT2D eigenvalue weighted by atomic mass is 32.2. The molecule has 1 heterocycles. The third-order valence-corrected chi connectivity index (χ3v) is 7.79. The van der Waals surface area contributed by atoms with Gasteiger partial charge in [0.15, 0.2) is 0 Å². The number of anilines is 4. The number of fused-ring (bicyclic) bond motifs is 1. The number of hydrogen-bond donors (Lipinski definition) is 4. The number of aromatic nitrogens is 1. The van der Waals surface area contributed by atoms with Gasteiger partial charge in [-0.2, -0.15) is 0 Å². The van der Waals surface area contributed by atoms with Gasteiger partial charge in [0.2, 0.25) is 0 Å². The van der Waals surface area contributed by atoms with Crippen LogP contribution >= 0.6 is 0 Å². The minimum absolute atomic E-state index is 0.0500. The summed E-state index contributed by atoms with van der Waals surface area (Å²) in [5, 5.41) is 16.1. The number of carbonyl (C=O) groups is 1. The molecule has 3 aliphatic carbocycles. The van der Waals surface area contributed by atoms with Crippen molar-refractivity contribution in [1.82, 2.24) is 4.98 Å². The fraction of sp³-hybridized carbons (Fsp3) is 0.214. The lowest BCUT2D eigenvalue weighted by Crippen LogP contribution is -2.74. The van der Waals surface area contributed by atoms with Crippen LogP contribution in [0.15, 0.2) is 83.4 Å². The highest BCUT2D eigenvalue weighted by Gasteiger charge is 2.69. The highest BCUT2D eigenvalue weighted by Crippen LogP contribution is 2.64. The van der Waals surface area contributed by atoms with Gasteiger partial charge in [0.05, 0.1) is 11.1 Å². The lowest BCUT2D eigenvalue weighted by Gasteiger charge is -2.68. The Labute approximate surface area is 220 Å². The molecule has 38 heavy (non-hydrogen) atoms. The quantitative estimate of drug-likeness (QED) is 0.254. The second kappa shape index (κ2) is 8.78. The molecule has 8 nitrogen and oxygen atoms in total. The maximum atomic E-state index is 13.8. The van der Waals surface area contributed by atoms with E-state index in [-0.39, 0.29) is 22.8 Å². The normalized spacial score (nSPS) is 22.9. The molecular formula is C28H27FN6O2S. The molecular weight excluding hydrogens is 503 g/mol. The first kappa shape index (κ1) is 24.3. The van der Waals surface area contributed by atoms with E-state index in [9.17, 15) is 13.4 Å². The fourth-order valence-electron chi connectivity index (χ4n) is 5.62. The Morgan fingerprint density at radius 2 is 1.74 bits per heavy atom. The molecule has 5 N–H and O–H groups in total. The first-order chi connectivity index (χ1) is 18.1. The number of carbonyl (C=O) groups excluding carboxylic acids is 1. The molecule has 1 atom stereocenters.